The predicted octanol–water partition coefficient (Wildman–Crippen LogP) is 12.6. The fraction of sp³-hybridized carbons (Fsp3) is 0. The van der Waals surface area contributed by atoms with E-state index in [1.807, 2.05) is 0 Å². The zero-order valence-electron chi connectivity index (χ0n) is 48.0. The van der Waals surface area contributed by atoms with Gasteiger partial charge < -0.3 is 13.7 Å². The second-order valence-electron chi connectivity index (χ2n) is 11.7. The van der Waals surface area contributed by atoms with E-state index in [-0.39, 0.29) is 27.5 Å². The molecule has 0 aliphatic carbocycles. The van der Waals surface area contributed by atoms with E-state index in [1.165, 1.54) is 4.57 Å². The molecular weight excluding hydrogens is 619 g/mol. The van der Waals surface area contributed by atoms with Crippen molar-refractivity contribution in [2.24, 2.45) is 0 Å². The van der Waals surface area contributed by atoms with Gasteiger partial charge in [-0.2, -0.15) is 0 Å². The van der Waals surface area contributed by atoms with Gasteiger partial charge in [0.15, 0.2) is 0 Å². The molecule has 0 N–H and O–H groups in total. The third kappa shape index (κ3) is 3.94. The standard InChI is InChI=1S/C48H31N3/c1-2-16-32(17-3-1)33-18-4-9-25-40(33)50-43-28-12-7-21-36(43)39-24-15-31-46(48(39)50)51-44-29-13-8-22-37(44)38-23-14-30-45(47(38)51)49-41-26-10-5-19-34(41)35-20-6-11-27-42(35)49/h1-31H/i5D,6D,7D,8D,10D,11D,12D,13D,14D,15D,19D,20D,21D,22D,23D,24D,26D,27D,28D,29D,30D,31D. The number of nitrogens with zero attached hydrogens (tertiary/aromatic N) is 3. The number of hydrogen-bond donors (Lipinski definition) is 0. The molecule has 0 saturated heterocycles. The topological polar surface area (TPSA) is 14.8 Å². The summed E-state index contributed by atoms with van der Waals surface area (Å²) >= 11 is 0. The average Bonchev–Trinajstić information content (AvgIpc) is 4.05. The summed E-state index contributed by atoms with van der Waals surface area (Å²) < 4.78 is 206. The fourth-order valence-electron chi connectivity index (χ4n) is 7.07. The Bertz CT molecular complexity index is 4320. The van der Waals surface area contributed by atoms with Crippen molar-refractivity contribution in [1.29, 1.82) is 0 Å². The highest BCUT2D eigenvalue weighted by atomic mass is 15.1. The molecule has 0 radical (unpaired) electrons. The number of benzene rings is 8. The summed E-state index contributed by atoms with van der Waals surface area (Å²) in [7, 11) is 0. The lowest BCUT2D eigenvalue weighted by molar-refractivity contribution is 1.11. The Kier molecular flexibility index (Phi) is 3.01. The molecule has 11 rings (SSSR count). The summed E-state index contributed by atoms with van der Waals surface area (Å²) in [6, 6.07) is -1.93. The van der Waals surface area contributed by atoms with Crippen LogP contribution in [0.2, 0.25) is 0 Å². The van der Waals surface area contributed by atoms with Crippen molar-refractivity contribution in [3.05, 3.63) is 188 Å². The van der Waals surface area contributed by atoms with E-state index < -0.39 is 188 Å². The highest BCUT2D eigenvalue weighted by Gasteiger charge is 2.23. The summed E-state index contributed by atoms with van der Waals surface area (Å²) in [5, 5.41) is -2.46. The van der Waals surface area contributed by atoms with Gasteiger partial charge in [0, 0.05) is 37.9 Å². The molecule has 0 saturated carbocycles. The molecule has 0 fully saturated rings. The fourth-order valence-corrected chi connectivity index (χ4v) is 7.07. The normalized spacial score (nSPS) is 18.0. The van der Waals surface area contributed by atoms with E-state index in [9.17, 15) is 16.4 Å². The summed E-state index contributed by atoms with van der Waals surface area (Å²) in [5.74, 6) is 0. The third-order valence-electron chi connectivity index (χ3n) is 9.10. The molecule has 3 heteroatoms. The van der Waals surface area contributed by atoms with Crippen LogP contribution >= 0.6 is 0 Å². The van der Waals surface area contributed by atoms with Crippen molar-refractivity contribution in [3.63, 3.8) is 0 Å². The number of fused-ring (bicyclic) bond motifs is 9. The monoisotopic (exact) mass is 671 g/mol. The highest BCUT2D eigenvalue weighted by molar-refractivity contribution is 6.18. The first-order valence-corrected chi connectivity index (χ1v) is 15.8. The summed E-state index contributed by atoms with van der Waals surface area (Å²) in [4.78, 5) is 0. The maximum Gasteiger partial charge on any atom is 0.0783 e. The Morgan fingerprint density at radius 2 is 0.706 bits per heavy atom. The zero-order chi connectivity index (χ0) is 52.6. The summed E-state index contributed by atoms with van der Waals surface area (Å²) in [6.45, 7) is 0. The minimum atomic E-state index is -0.920. The lowest BCUT2D eigenvalue weighted by atomic mass is 10.0. The number of para-hydroxylation sites is 7. The molecule has 238 valence electrons. The van der Waals surface area contributed by atoms with Crippen LogP contribution in [0.5, 0.6) is 0 Å². The van der Waals surface area contributed by atoms with Crippen molar-refractivity contribution in [3.8, 4) is 28.2 Å². The molecule has 8 aromatic carbocycles. The van der Waals surface area contributed by atoms with Crippen molar-refractivity contribution in [1.82, 2.24) is 13.7 Å². The van der Waals surface area contributed by atoms with Crippen molar-refractivity contribution in [2.45, 2.75) is 0 Å². The van der Waals surface area contributed by atoms with Crippen LogP contribution < -0.4 is 0 Å². The van der Waals surface area contributed by atoms with Gasteiger partial charge >= 0.3 is 0 Å². The van der Waals surface area contributed by atoms with Gasteiger partial charge in [0.25, 0.3) is 0 Å². The Morgan fingerprint density at radius 3 is 1.25 bits per heavy atom. The number of hydrogen-bond acceptors (Lipinski definition) is 0. The van der Waals surface area contributed by atoms with Crippen LogP contribution in [-0.2, 0) is 0 Å². The third-order valence-corrected chi connectivity index (χ3v) is 9.10. The van der Waals surface area contributed by atoms with Crippen molar-refractivity contribution >= 4 is 65.4 Å². The maximum atomic E-state index is 9.95. The predicted molar refractivity (Wildman–Crippen MR) is 215 cm³/mol. The van der Waals surface area contributed by atoms with Gasteiger partial charge in [0.1, 0.15) is 0 Å². The van der Waals surface area contributed by atoms with Crippen LogP contribution in [0.4, 0.5) is 0 Å². The number of aromatic nitrogens is 3. The molecule has 51 heavy (non-hydrogen) atoms. The first-order chi connectivity index (χ1) is 34.5. The van der Waals surface area contributed by atoms with Gasteiger partial charge in [-0.1, -0.05) is 145 Å². The molecule has 3 aromatic heterocycles. The zero-order valence-corrected chi connectivity index (χ0v) is 26.0. The second-order valence-corrected chi connectivity index (χ2v) is 11.7. The van der Waals surface area contributed by atoms with Gasteiger partial charge in [-0.05, 0) is 47.9 Å². The Balaban J connectivity index is 1.54. The molecular formula is C48H31N3. The van der Waals surface area contributed by atoms with Gasteiger partial charge in [-0.3, -0.25) is 0 Å². The van der Waals surface area contributed by atoms with Crippen LogP contribution in [0.3, 0.4) is 0 Å². The SMILES string of the molecule is [2H]c1c([2H])c([2H])c2c(c1[2H])c1c([2H])c([2H])c([2H])c(-n3c4c([2H])c([2H])c([2H])c([2H])c4c4c([2H])c([2H])c([2H])c(-n5c6c([2H])c([2H])c([2H])c([2H])c6c6c([2H])c([2H])c([2H])c([2H])c65)c43)c1n2-c1ccccc1-c1ccccc1. The number of rotatable bonds is 4. The van der Waals surface area contributed by atoms with E-state index in [1.54, 1.807) is 54.6 Å². The average molecular weight is 672 g/mol. The van der Waals surface area contributed by atoms with Crippen LogP contribution in [0.25, 0.3) is 93.6 Å². The quantitative estimate of drug-likeness (QED) is 0.177. The van der Waals surface area contributed by atoms with E-state index in [4.69, 9.17) is 13.7 Å². The summed E-state index contributed by atoms with van der Waals surface area (Å²) in [6.07, 6.45) is 0. The lowest BCUT2D eigenvalue weighted by Crippen LogP contribution is -2.04. The second kappa shape index (κ2) is 10.8. The van der Waals surface area contributed by atoms with Gasteiger partial charge in [0.2, 0.25) is 0 Å². The minimum Gasteiger partial charge on any atom is -0.307 e. The molecule has 0 spiro atoms. The molecule has 0 atom stereocenters. The van der Waals surface area contributed by atoms with E-state index >= 15 is 0 Å². The summed E-state index contributed by atoms with van der Waals surface area (Å²) in [5.41, 5.74) is -2.66. The molecule has 3 nitrogen and oxygen atoms in total. The van der Waals surface area contributed by atoms with Crippen molar-refractivity contribution < 1.29 is 30.2 Å². The van der Waals surface area contributed by atoms with Crippen LogP contribution in [0.1, 0.15) is 30.2 Å². The van der Waals surface area contributed by atoms with E-state index in [2.05, 4.69) is 0 Å². The first kappa shape index (κ1) is 14.2. The Hall–Kier alpha value is -6.84. The maximum absolute atomic E-state index is 9.95. The van der Waals surface area contributed by atoms with Crippen LogP contribution in [0, 0.1) is 0 Å². The van der Waals surface area contributed by atoms with Gasteiger partial charge in [-0.15, -0.1) is 0 Å². The lowest BCUT2D eigenvalue weighted by Gasteiger charge is -2.18. The molecule has 0 aliphatic rings. The van der Waals surface area contributed by atoms with Crippen molar-refractivity contribution in [2.75, 3.05) is 0 Å². The molecule has 0 aliphatic heterocycles. The molecule has 3 heterocycles. The minimum absolute atomic E-state index is 0.199. The van der Waals surface area contributed by atoms with Gasteiger partial charge in [0.05, 0.1) is 80.3 Å². The molecule has 0 amide bonds. The Labute approximate surface area is 325 Å². The Morgan fingerprint density at radius 1 is 0.314 bits per heavy atom. The van der Waals surface area contributed by atoms with Crippen LogP contribution in [-0.4, -0.2) is 13.7 Å². The molecule has 0 bridgehead atoms. The van der Waals surface area contributed by atoms with E-state index in [0.29, 0.717) is 11.1 Å². The smallest absolute Gasteiger partial charge is 0.0783 e. The highest BCUT2D eigenvalue weighted by Crippen LogP contribution is 2.43. The first-order valence-electron chi connectivity index (χ1n) is 26.8. The largest absolute Gasteiger partial charge is 0.307 e. The molecule has 11 aromatic rings. The van der Waals surface area contributed by atoms with Crippen LogP contribution in [0.15, 0.2) is 188 Å². The van der Waals surface area contributed by atoms with E-state index in [0.717, 1.165) is 9.13 Å². The molecule has 0 unspecified atom stereocenters. The van der Waals surface area contributed by atoms with Gasteiger partial charge in [-0.25, -0.2) is 0 Å².